The summed E-state index contributed by atoms with van der Waals surface area (Å²) < 4.78 is 13.3. The van der Waals surface area contributed by atoms with Gasteiger partial charge in [0.1, 0.15) is 22.0 Å². The molecule has 0 fully saturated rings. The summed E-state index contributed by atoms with van der Waals surface area (Å²) in [6.45, 7) is 1.76. The molecule has 0 saturated carbocycles. The van der Waals surface area contributed by atoms with E-state index in [-0.39, 0.29) is 23.2 Å². The highest BCUT2D eigenvalue weighted by Gasteiger charge is 2.16. The Labute approximate surface area is 184 Å². The molecule has 2 aromatic heterocycles. The number of aryl methyl sites for hydroxylation is 1. The van der Waals surface area contributed by atoms with Gasteiger partial charge >= 0.3 is 0 Å². The predicted molar refractivity (Wildman–Crippen MR) is 120 cm³/mol. The zero-order chi connectivity index (χ0) is 22.0. The number of anilines is 1. The summed E-state index contributed by atoms with van der Waals surface area (Å²) in [5, 5.41) is 17.1. The second kappa shape index (κ2) is 8.78. The monoisotopic (exact) mass is 454 g/mol. The lowest BCUT2D eigenvalue weighted by molar-refractivity contribution is -0.384. The quantitative estimate of drug-likeness (QED) is 0.180. The summed E-state index contributed by atoms with van der Waals surface area (Å²) in [6.07, 6.45) is 1.44. The van der Waals surface area contributed by atoms with E-state index in [4.69, 9.17) is 0 Å². The number of aromatic nitrogens is 2. The predicted octanol–water partition coefficient (Wildman–Crippen LogP) is 5.44. The van der Waals surface area contributed by atoms with Crippen molar-refractivity contribution in [3.63, 3.8) is 0 Å². The van der Waals surface area contributed by atoms with Crippen LogP contribution >= 0.6 is 23.1 Å². The number of fused-ring (bicyclic) bond motifs is 1. The minimum Gasteiger partial charge on any atom is -0.325 e. The van der Waals surface area contributed by atoms with Crippen molar-refractivity contribution in [2.75, 3.05) is 11.1 Å². The van der Waals surface area contributed by atoms with E-state index in [1.54, 1.807) is 25.1 Å². The number of nitro groups is 1. The van der Waals surface area contributed by atoms with Crippen molar-refractivity contribution >= 4 is 50.6 Å². The number of nitrogens with zero attached hydrogens (tertiary/aromatic N) is 3. The molecule has 4 aromatic rings. The first kappa shape index (κ1) is 20.9. The van der Waals surface area contributed by atoms with E-state index in [0.29, 0.717) is 10.7 Å². The number of rotatable bonds is 6. The van der Waals surface area contributed by atoms with Crippen molar-refractivity contribution in [3.05, 3.63) is 75.7 Å². The van der Waals surface area contributed by atoms with Crippen molar-refractivity contribution in [1.29, 1.82) is 0 Å². The van der Waals surface area contributed by atoms with Gasteiger partial charge in [0, 0.05) is 23.1 Å². The number of nitrogens with one attached hydrogen (secondary N) is 1. The molecule has 0 aliphatic heterocycles. The van der Waals surface area contributed by atoms with Gasteiger partial charge < -0.3 is 5.32 Å². The molecule has 0 unspecified atom stereocenters. The van der Waals surface area contributed by atoms with Crippen LogP contribution in [0, 0.1) is 22.9 Å². The van der Waals surface area contributed by atoms with Gasteiger partial charge in [-0.25, -0.2) is 14.4 Å². The molecule has 0 aliphatic carbocycles. The Bertz CT molecular complexity index is 1290. The van der Waals surface area contributed by atoms with E-state index in [2.05, 4.69) is 15.3 Å². The van der Waals surface area contributed by atoms with Crippen LogP contribution in [0.4, 0.5) is 15.8 Å². The van der Waals surface area contributed by atoms with E-state index >= 15 is 0 Å². The summed E-state index contributed by atoms with van der Waals surface area (Å²) in [5.41, 5.74) is 2.74. The number of thiophene rings is 1. The third kappa shape index (κ3) is 4.54. The van der Waals surface area contributed by atoms with Crippen LogP contribution in [0.3, 0.4) is 0 Å². The topological polar surface area (TPSA) is 98.0 Å². The Morgan fingerprint density at radius 1 is 1.23 bits per heavy atom. The van der Waals surface area contributed by atoms with Gasteiger partial charge in [-0.1, -0.05) is 30.0 Å². The van der Waals surface area contributed by atoms with Gasteiger partial charge in [-0.2, -0.15) is 0 Å². The number of carbonyl (C=O) groups excluding carboxylic acids is 1. The zero-order valence-corrected chi connectivity index (χ0v) is 17.8. The van der Waals surface area contributed by atoms with Crippen molar-refractivity contribution in [2.45, 2.75) is 11.9 Å². The van der Waals surface area contributed by atoms with Gasteiger partial charge in [0.05, 0.1) is 21.7 Å². The molecule has 0 aliphatic rings. The van der Waals surface area contributed by atoms with Crippen LogP contribution in [0.2, 0.25) is 0 Å². The van der Waals surface area contributed by atoms with Gasteiger partial charge in [-0.05, 0) is 30.2 Å². The number of thioether (sulfide) groups is 1. The molecule has 0 spiro atoms. The maximum atomic E-state index is 13.3. The molecular formula is C21H15FN4O3S2. The van der Waals surface area contributed by atoms with Crippen LogP contribution in [0.25, 0.3) is 21.3 Å². The van der Waals surface area contributed by atoms with E-state index in [9.17, 15) is 19.3 Å². The second-order valence-electron chi connectivity index (χ2n) is 6.61. The first-order valence-corrected chi connectivity index (χ1v) is 10.9. The van der Waals surface area contributed by atoms with Gasteiger partial charge in [0.15, 0.2) is 0 Å². The van der Waals surface area contributed by atoms with Crippen LogP contribution in [0.15, 0.2) is 59.2 Å². The molecule has 10 heteroatoms. The number of carbonyl (C=O) groups is 1. The fourth-order valence-corrected chi connectivity index (χ4v) is 4.77. The minimum absolute atomic E-state index is 0.0625. The summed E-state index contributed by atoms with van der Waals surface area (Å²) in [5.74, 6) is -0.561. The number of halogens is 1. The summed E-state index contributed by atoms with van der Waals surface area (Å²) >= 11 is 2.69. The molecule has 2 heterocycles. The number of hydrogen-bond donors (Lipinski definition) is 1. The molecule has 4 rings (SSSR count). The Kier molecular flexibility index (Phi) is 5.92. The van der Waals surface area contributed by atoms with Crippen molar-refractivity contribution in [2.24, 2.45) is 0 Å². The highest BCUT2D eigenvalue weighted by atomic mass is 32.2. The van der Waals surface area contributed by atoms with E-state index < -0.39 is 4.92 Å². The first-order chi connectivity index (χ1) is 14.9. The van der Waals surface area contributed by atoms with Gasteiger partial charge in [0.2, 0.25) is 5.91 Å². The number of non-ortho nitro benzene ring substituents is 1. The SMILES string of the molecule is Cc1ccc([N+](=O)[O-])cc1NC(=O)CSc1ncnc2scc(-c3ccc(F)cc3)c12. The van der Waals surface area contributed by atoms with E-state index in [1.165, 1.54) is 53.7 Å². The van der Waals surface area contributed by atoms with Crippen LogP contribution in [0.1, 0.15) is 5.56 Å². The number of nitro benzene ring substituents is 1. The fraction of sp³-hybridized carbons (Fsp3) is 0.0952. The zero-order valence-electron chi connectivity index (χ0n) is 16.2. The largest absolute Gasteiger partial charge is 0.325 e. The van der Waals surface area contributed by atoms with Gasteiger partial charge in [-0.3, -0.25) is 14.9 Å². The Balaban J connectivity index is 1.55. The highest BCUT2D eigenvalue weighted by Crippen LogP contribution is 2.38. The maximum absolute atomic E-state index is 13.3. The lowest BCUT2D eigenvalue weighted by atomic mass is 10.1. The molecule has 1 N–H and O–H groups in total. The number of hydrogen-bond acceptors (Lipinski definition) is 7. The van der Waals surface area contributed by atoms with E-state index in [1.807, 2.05) is 5.38 Å². The maximum Gasteiger partial charge on any atom is 0.271 e. The van der Waals surface area contributed by atoms with E-state index in [0.717, 1.165) is 26.9 Å². The van der Waals surface area contributed by atoms with Gasteiger partial charge in [0.25, 0.3) is 5.69 Å². The minimum atomic E-state index is -0.505. The molecule has 0 radical (unpaired) electrons. The van der Waals surface area contributed by atoms with Crippen LogP contribution < -0.4 is 5.32 Å². The molecular weight excluding hydrogens is 439 g/mol. The molecule has 7 nitrogen and oxygen atoms in total. The second-order valence-corrected chi connectivity index (χ2v) is 8.43. The average molecular weight is 455 g/mol. The molecule has 0 atom stereocenters. The molecule has 0 bridgehead atoms. The van der Waals surface area contributed by atoms with Crippen LogP contribution in [-0.4, -0.2) is 26.6 Å². The molecule has 1 amide bonds. The number of benzene rings is 2. The van der Waals surface area contributed by atoms with Crippen molar-refractivity contribution in [1.82, 2.24) is 9.97 Å². The number of amides is 1. The highest BCUT2D eigenvalue weighted by molar-refractivity contribution is 8.00. The van der Waals surface area contributed by atoms with Crippen molar-refractivity contribution in [3.8, 4) is 11.1 Å². The molecule has 2 aromatic carbocycles. The third-order valence-electron chi connectivity index (χ3n) is 4.54. The third-order valence-corrected chi connectivity index (χ3v) is 6.41. The normalized spacial score (nSPS) is 10.9. The average Bonchev–Trinajstić information content (AvgIpc) is 3.19. The van der Waals surface area contributed by atoms with Gasteiger partial charge in [-0.15, -0.1) is 11.3 Å². The smallest absolute Gasteiger partial charge is 0.271 e. The van der Waals surface area contributed by atoms with Crippen LogP contribution in [0.5, 0.6) is 0 Å². The van der Waals surface area contributed by atoms with Crippen molar-refractivity contribution < 1.29 is 14.1 Å². The Hall–Kier alpha value is -3.37. The Morgan fingerprint density at radius 2 is 2.00 bits per heavy atom. The molecule has 0 saturated heterocycles. The molecule has 31 heavy (non-hydrogen) atoms. The lowest BCUT2D eigenvalue weighted by Crippen LogP contribution is -2.15. The molecule has 156 valence electrons. The summed E-state index contributed by atoms with van der Waals surface area (Å²) in [7, 11) is 0. The Morgan fingerprint density at radius 3 is 2.74 bits per heavy atom. The fourth-order valence-electron chi connectivity index (χ4n) is 2.98. The standard InChI is InChI=1S/C21H15FN4O3S2/c1-12-2-7-15(26(28)29)8-17(12)25-18(27)10-31-21-19-16(9-30-20(19)23-11-24-21)13-3-5-14(22)6-4-13/h2-9,11H,10H2,1H3,(H,25,27). The lowest BCUT2D eigenvalue weighted by Gasteiger charge is -2.09. The summed E-state index contributed by atoms with van der Waals surface area (Å²) in [4.78, 5) is 32.4. The summed E-state index contributed by atoms with van der Waals surface area (Å²) in [6, 6.07) is 10.5. The first-order valence-electron chi connectivity index (χ1n) is 9.08. The van der Waals surface area contributed by atoms with Crippen LogP contribution in [-0.2, 0) is 4.79 Å².